The lowest BCUT2D eigenvalue weighted by Gasteiger charge is -2.27. The Morgan fingerprint density at radius 2 is 1.76 bits per heavy atom. The van der Waals surface area contributed by atoms with E-state index in [1.807, 2.05) is 0 Å². The zero-order valence-electron chi connectivity index (χ0n) is 13.7. The summed E-state index contributed by atoms with van der Waals surface area (Å²) in [6, 6.07) is 8.51. The normalized spacial score (nSPS) is 11.8. The number of quaternary nitrogens is 1. The van der Waals surface area contributed by atoms with Gasteiger partial charge in [0.15, 0.2) is 0 Å². The molecular formula is C18H32NO2+. The molecule has 0 bridgehead atoms. The van der Waals surface area contributed by atoms with Gasteiger partial charge in [-0.25, -0.2) is 0 Å². The maximum atomic E-state index is 10.7. The number of hydrogen-bond acceptors (Lipinski definition) is 2. The van der Waals surface area contributed by atoms with E-state index >= 15 is 0 Å². The van der Waals surface area contributed by atoms with Crippen LogP contribution in [0.4, 0.5) is 0 Å². The Bertz CT molecular complexity index is 387. The molecule has 1 aromatic rings. The number of benzene rings is 1. The van der Waals surface area contributed by atoms with Gasteiger partial charge in [0, 0.05) is 0 Å². The predicted molar refractivity (Wildman–Crippen MR) is 86.9 cm³/mol. The molecule has 4 N–H and O–H groups in total. The van der Waals surface area contributed by atoms with Crippen LogP contribution in [0.2, 0.25) is 0 Å². The monoisotopic (exact) mass is 294 g/mol. The smallest absolute Gasteiger partial charge is 0.0977 e. The molecule has 3 heteroatoms. The van der Waals surface area contributed by atoms with E-state index in [0.717, 1.165) is 45.1 Å². The lowest BCUT2D eigenvalue weighted by molar-refractivity contribution is -0.374. The largest absolute Gasteiger partial charge is 0.390 e. The fourth-order valence-electron chi connectivity index (χ4n) is 2.85. The first-order chi connectivity index (χ1) is 10.1. The van der Waals surface area contributed by atoms with Crippen molar-refractivity contribution in [3.63, 3.8) is 0 Å². The SMILES string of the molecule is CCCC(O)(CCC)CCc1cccc(COCC[NH3+])c1. The second-order valence-electron chi connectivity index (χ2n) is 5.95. The molecular weight excluding hydrogens is 262 g/mol. The number of ether oxygens (including phenoxy) is 1. The summed E-state index contributed by atoms with van der Waals surface area (Å²) in [7, 11) is 0. The van der Waals surface area contributed by atoms with E-state index in [0.29, 0.717) is 13.2 Å². The summed E-state index contributed by atoms with van der Waals surface area (Å²) < 4.78 is 5.53. The van der Waals surface area contributed by atoms with Crippen molar-refractivity contribution in [2.24, 2.45) is 0 Å². The van der Waals surface area contributed by atoms with Crippen LogP contribution in [0.1, 0.15) is 57.1 Å². The highest BCUT2D eigenvalue weighted by Crippen LogP contribution is 2.25. The standard InChI is InChI=1S/C18H31NO2/c1-3-9-18(20,10-4-2)11-8-16-6-5-7-17(14-16)15-21-13-12-19/h5-7,14,20H,3-4,8-13,15,19H2,1-2H3/p+1. The van der Waals surface area contributed by atoms with Crippen LogP contribution >= 0.6 is 0 Å². The van der Waals surface area contributed by atoms with Gasteiger partial charge in [0.25, 0.3) is 0 Å². The Kier molecular flexibility index (Phi) is 8.58. The fourth-order valence-corrected chi connectivity index (χ4v) is 2.85. The van der Waals surface area contributed by atoms with E-state index in [2.05, 4.69) is 43.8 Å². The molecule has 1 rings (SSSR count). The van der Waals surface area contributed by atoms with E-state index in [9.17, 15) is 5.11 Å². The summed E-state index contributed by atoms with van der Waals surface area (Å²) in [6.07, 6.45) is 5.64. The van der Waals surface area contributed by atoms with Gasteiger partial charge in [-0.05, 0) is 36.8 Å². The number of rotatable bonds is 11. The van der Waals surface area contributed by atoms with Gasteiger partial charge in [0.05, 0.1) is 25.4 Å². The highest BCUT2D eigenvalue weighted by Gasteiger charge is 2.24. The first-order valence-corrected chi connectivity index (χ1v) is 8.30. The van der Waals surface area contributed by atoms with Crippen molar-refractivity contribution in [3.05, 3.63) is 35.4 Å². The van der Waals surface area contributed by atoms with Gasteiger partial charge >= 0.3 is 0 Å². The summed E-state index contributed by atoms with van der Waals surface area (Å²) in [5, 5.41) is 10.7. The van der Waals surface area contributed by atoms with Gasteiger partial charge in [-0.15, -0.1) is 0 Å². The molecule has 0 aliphatic carbocycles. The van der Waals surface area contributed by atoms with E-state index < -0.39 is 5.60 Å². The lowest BCUT2D eigenvalue weighted by atomic mass is 9.86. The van der Waals surface area contributed by atoms with Crippen LogP contribution in [0.5, 0.6) is 0 Å². The van der Waals surface area contributed by atoms with Crippen molar-refractivity contribution < 1.29 is 15.6 Å². The molecule has 0 radical (unpaired) electrons. The highest BCUT2D eigenvalue weighted by atomic mass is 16.5. The topological polar surface area (TPSA) is 57.1 Å². The molecule has 21 heavy (non-hydrogen) atoms. The van der Waals surface area contributed by atoms with Crippen LogP contribution in [-0.4, -0.2) is 23.9 Å². The van der Waals surface area contributed by atoms with Crippen LogP contribution in [0.25, 0.3) is 0 Å². The Morgan fingerprint density at radius 3 is 2.38 bits per heavy atom. The summed E-state index contributed by atoms with van der Waals surface area (Å²) in [4.78, 5) is 0. The average molecular weight is 294 g/mol. The molecule has 0 amide bonds. The molecule has 0 aromatic heterocycles. The Morgan fingerprint density at radius 1 is 1.10 bits per heavy atom. The molecule has 0 unspecified atom stereocenters. The quantitative estimate of drug-likeness (QED) is 0.617. The van der Waals surface area contributed by atoms with Crippen LogP contribution in [0.15, 0.2) is 24.3 Å². The second-order valence-corrected chi connectivity index (χ2v) is 5.95. The van der Waals surface area contributed by atoms with Crippen LogP contribution in [-0.2, 0) is 17.8 Å². The summed E-state index contributed by atoms with van der Waals surface area (Å²) in [6.45, 7) is 6.44. The van der Waals surface area contributed by atoms with Crippen LogP contribution in [0, 0.1) is 0 Å². The van der Waals surface area contributed by atoms with E-state index in [1.54, 1.807) is 0 Å². The van der Waals surface area contributed by atoms with Crippen molar-refractivity contribution in [2.75, 3.05) is 13.2 Å². The minimum atomic E-state index is -0.496. The average Bonchev–Trinajstić information content (AvgIpc) is 2.47. The van der Waals surface area contributed by atoms with Gasteiger partial charge in [0.1, 0.15) is 0 Å². The molecule has 1 aromatic carbocycles. The van der Waals surface area contributed by atoms with Crippen molar-refractivity contribution in [1.82, 2.24) is 0 Å². The van der Waals surface area contributed by atoms with E-state index in [4.69, 9.17) is 4.74 Å². The third-order valence-corrected chi connectivity index (χ3v) is 3.86. The van der Waals surface area contributed by atoms with Gasteiger partial charge in [0.2, 0.25) is 0 Å². The Hall–Kier alpha value is -0.900. The molecule has 0 saturated carbocycles. The minimum Gasteiger partial charge on any atom is -0.390 e. The van der Waals surface area contributed by atoms with Gasteiger partial charge in [-0.2, -0.15) is 0 Å². The zero-order chi connectivity index (χ0) is 15.6. The number of aliphatic hydroxyl groups is 1. The molecule has 0 atom stereocenters. The summed E-state index contributed by atoms with van der Waals surface area (Å²) in [5.41, 5.74) is 5.77. The Labute approximate surface area is 129 Å². The maximum absolute atomic E-state index is 10.7. The van der Waals surface area contributed by atoms with Crippen molar-refractivity contribution >= 4 is 0 Å². The van der Waals surface area contributed by atoms with Crippen molar-refractivity contribution in [1.29, 1.82) is 0 Å². The second kappa shape index (κ2) is 9.93. The number of hydrogen-bond donors (Lipinski definition) is 2. The highest BCUT2D eigenvalue weighted by molar-refractivity contribution is 5.23. The molecule has 0 spiro atoms. The first kappa shape index (κ1) is 18.1. The maximum Gasteiger partial charge on any atom is 0.0977 e. The fraction of sp³-hybridized carbons (Fsp3) is 0.667. The Balaban J connectivity index is 2.55. The van der Waals surface area contributed by atoms with E-state index in [1.165, 1.54) is 11.1 Å². The third-order valence-electron chi connectivity index (χ3n) is 3.86. The zero-order valence-corrected chi connectivity index (χ0v) is 13.7. The van der Waals surface area contributed by atoms with Gasteiger partial charge in [-0.1, -0.05) is 51.0 Å². The molecule has 0 aliphatic heterocycles. The molecule has 3 nitrogen and oxygen atoms in total. The van der Waals surface area contributed by atoms with Crippen LogP contribution in [0.3, 0.4) is 0 Å². The molecule has 0 aliphatic rings. The third kappa shape index (κ3) is 7.07. The molecule has 0 fully saturated rings. The van der Waals surface area contributed by atoms with Gasteiger partial charge < -0.3 is 15.6 Å². The van der Waals surface area contributed by atoms with E-state index in [-0.39, 0.29) is 0 Å². The molecule has 0 heterocycles. The van der Waals surface area contributed by atoms with Crippen molar-refractivity contribution in [2.45, 2.75) is 64.6 Å². The summed E-state index contributed by atoms with van der Waals surface area (Å²) in [5.74, 6) is 0. The summed E-state index contributed by atoms with van der Waals surface area (Å²) >= 11 is 0. The molecule has 0 saturated heterocycles. The molecule has 120 valence electrons. The van der Waals surface area contributed by atoms with Gasteiger partial charge in [-0.3, -0.25) is 0 Å². The predicted octanol–water partition coefficient (Wildman–Crippen LogP) is 2.71. The van der Waals surface area contributed by atoms with Crippen LogP contribution < -0.4 is 5.73 Å². The van der Waals surface area contributed by atoms with Crippen molar-refractivity contribution in [3.8, 4) is 0 Å². The number of aryl methyl sites for hydroxylation is 1. The lowest BCUT2D eigenvalue weighted by Crippen LogP contribution is -2.52. The first-order valence-electron chi connectivity index (χ1n) is 8.30. The minimum absolute atomic E-state index is 0.496.